The number of alkyl halides is 3. The Balaban J connectivity index is 0.00000484. The van der Waals surface area contributed by atoms with Crippen LogP contribution in [-0.4, -0.2) is 40.4 Å². The quantitative estimate of drug-likeness (QED) is 0.704. The fourth-order valence-electron chi connectivity index (χ4n) is 1.49. The van der Waals surface area contributed by atoms with Crippen LogP contribution in [0.15, 0.2) is 12.4 Å². The maximum atomic E-state index is 12.2. The van der Waals surface area contributed by atoms with Crippen molar-refractivity contribution in [2.24, 2.45) is 11.7 Å². The molecule has 0 aliphatic heterocycles. The van der Waals surface area contributed by atoms with Crippen molar-refractivity contribution in [3.8, 4) is 0 Å². The first-order chi connectivity index (χ1) is 10.1. The van der Waals surface area contributed by atoms with Gasteiger partial charge in [0.25, 0.3) is 0 Å². The second-order valence-electron chi connectivity index (χ2n) is 5.08. The Bertz CT molecular complexity index is 533. The number of carbonyl (C=O) groups is 2. The van der Waals surface area contributed by atoms with Crippen LogP contribution in [0.1, 0.15) is 13.8 Å². The van der Waals surface area contributed by atoms with E-state index in [1.165, 1.54) is 0 Å². The molecular weight excluding hydrogens is 339 g/mol. The summed E-state index contributed by atoms with van der Waals surface area (Å²) < 4.78 is 37.1. The van der Waals surface area contributed by atoms with Gasteiger partial charge in [-0.05, 0) is 5.92 Å². The molecule has 0 saturated carbocycles. The topological polar surface area (TPSA) is 102 Å². The molecule has 11 heteroatoms. The molecule has 0 unspecified atom stereocenters. The van der Waals surface area contributed by atoms with E-state index in [9.17, 15) is 22.8 Å². The number of anilines is 1. The largest absolute Gasteiger partial charge is 0.408 e. The van der Waals surface area contributed by atoms with Gasteiger partial charge >= 0.3 is 6.18 Å². The van der Waals surface area contributed by atoms with Crippen LogP contribution < -0.4 is 16.4 Å². The maximum absolute atomic E-state index is 12.2. The first-order valence-electron chi connectivity index (χ1n) is 6.51. The molecule has 0 aliphatic carbocycles. The predicted molar refractivity (Wildman–Crippen MR) is 80.0 cm³/mol. The van der Waals surface area contributed by atoms with Gasteiger partial charge in [0.2, 0.25) is 11.8 Å². The Labute approximate surface area is 137 Å². The lowest BCUT2D eigenvalue weighted by Gasteiger charge is -2.14. The molecule has 0 spiro atoms. The van der Waals surface area contributed by atoms with Crippen LogP contribution >= 0.6 is 12.4 Å². The number of nitrogens with one attached hydrogen (secondary N) is 2. The molecule has 1 atom stereocenters. The van der Waals surface area contributed by atoms with Crippen LogP contribution in [0.25, 0.3) is 0 Å². The van der Waals surface area contributed by atoms with Crippen molar-refractivity contribution in [2.45, 2.75) is 32.6 Å². The number of hydrogen-bond acceptors (Lipinski definition) is 4. The molecule has 0 fully saturated rings. The number of nitrogens with two attached hydrogens (primary N) is 1. The number of rotatable bonds is 6. The number of carbonyl (C=O) groups excluding carboxylic acids is 2. The summed E-state index contributed by atoms with van der Waals surface area (Å²) in [6, 6.07) is -0.734. The van der Waals surface area contributed by atoms with Crippen molar-refractivity contribution in [1.29, 1.82) is 0 Å². The van der Waals surface area contributed by atoms with Crippen LogP contribution in [0.3, 0.4) is 0 Å². The van der Waals surface area contributed by atoms with E-state index < -0.39 is 30.6 Å². The third-order valence-corrected chi connectivity index (χ3v) is 2.70. The average Bonchev–Trinajstić information content (AvgIpc) is 2.79. The van der Waals surface area contributed by atoms with Crippen LogP contribution in [-0.2, 0) is 16.1 Å². The third-order valence-electron chi connectivity index (χ3n) is 2.70. The van der Waals surface area contributed by atoms with Crippen molar-refractivity contribution in [1.82, 2.24) is 15.1 Å². The molecule has 0 bridgehead atoms. The lowest BCUT2D eigenvalue weighted by atomic mass is 10.1. The van der Waals surface area contributed by atoms with Gasteiger partial charge in [0.05, 0.1) is 24.5 Å². The van der Waals surface area contributed by atoms with Gasteiger partial charge in [-0.3, -0.25) is 14.3 Å². The zero-order valence-corrected chi connectivity index (χ0v) is 13.4. The Morgan fingerprint density at radius 2 is 2.00 bits per heavy atom. The summed E-state index contributed by atoms with van der Waals surface area (Å²) in [4.78, 5) is 23.1. The van der Waals surface area contributed by atoms with Crippen molar-refractivity contribution in [2.75, 3.05) is 11.9 Å². The Hall–Kier alpha value is -1.81. The first kappa shape index (κ1) is 21.2. The fraction of sp³-hybridized carbons (Fsp3) is 0.583. The molecule has 0 aromatic carbocycles. The van der Waals surface area contributed by atoms with E-state index in [0.29, 0.717) is 4.68 Å². The smallest absolute Gasteiger partial charge is 0.346 e. The van der Waals surface area contributed by atoms with E-state index in [1.807, 2.05) is 0 Å². The van der Waals surface area contributed by atoms with E-state index in [2.05, 4.69) is 15.7 Å². The number of aromatic nitrogens is 2. The number of hydrogen-bond donors (Lipinski definition) is 3. The highest BCUT2D eigenvalue weighted by molar-refractivity contribution is 5.95. The van der Waals surface area contributed by atoms with Gasteiger partial charge in [-0.15, -0.1) is 12.4 Å². The lowest BCUT2D eigenvalue weighted by Crippen LogP contribution is -2.46. The van der Waals surface area contributed by atoms with Gasteiger partial charge in [0.15, 0.2) is 0 Å². The van der Waals surface area contributed by atoms with Crippen molar-refractivity contribution >= 4 is 29.9 Å². The van der Waals surface area contributed by atoms with Crippen LogP contribution in [0, 0.1) is 5.92 Å². The fourth-order valence-corrected chi connectivity index (χ4v) is 1.49. The normalized spacial score (nSPS) is 12.5. The van der Waals surface area contributed by atoms with E-state index in [4.69, 9.17) is 5.73 Å². The highest BCUT2D eigenvalue weighted by atomic mass is 35.5. The summed E-state index contributed by atoms with van der Waals surface area (Å²) in [5.41, 5.74) is 5.71. The number of amides is 2. The number of halogens is 4. The number of nitrogens with zero attached hydrogens (tertiary/aromatic N) is 2. The average molecular weight is 358 g/mol. The maximum Gasteiger partial charge on any atom is 0.408 e. The molecule has 23 heavy (non-hydrogen) atoms. The van der Waals surface area contributed by atoms with Gasteiger partial charge < -0.3 is 16.4 Å². The monoisotopic (exact) mass is 357 g/mol. The van der Waals surface area contributed by atoms with Crippen LogP contribution in [0.5, 0.6) is 0 Å². The van der Waals surface area contributed by atoms with E-state index >= 15 is 0 Å². The standard InChI is InChI=1S/C12H18F3N5O2.ClH/c1-7(2)10(16)11(22)17-4-9(21)19-8-3-18-20(5-8)6-12(13,14)15;/h3,5,7,10H,4,6,16H2,1-2H3,(H,17,22)(H,19,21);1H/t10-;/m0./s1. The summed E-state index contributed by atoms with van der Waals surface area (Å²) >= 11 is 0. The molecule has 2 amide bonds. The van der Waals surface area contributed by atoms with Crippen LogP contribution in [0.4, 0.5) is 18.9 Å². The van der Waals surface area contributed by atoms with Crippen molar-refractivity contribution in [3.05, 3.63) is 12.4 Å². The molecule has 1 heterocycles. The summed E-state index contributed by atoms with van der Waals surface area (Å²) in [6.45, 7) is 1.95. The van der Waals surface area contributed by atoms with E-state index in [1.54, 1.807) is 13.8 Å². The van der Waals surface area contributed by atoms with Crippen molar-refractivity contribution in [3.63, 3.8) is 0 Å². The molecule has 1 aromatic rings. The van der Waals surface area contributed by atoms with E-state index in [-0.39, 0.29) is 30.6 Å². The van der Waals surface area contributed by atoms with E-state index in [0.717, 1.165) is 12.4 Å². The third kappa shape index (κ3) is 7.84. The lowest BCUT2D eigenvalue weighted by molar-refractivity contribution is -0.142. The Morgan fingerprint density at radius 1 is 1.39 bits per heavy atom. The molecule has 0 radical (unpaired) electrons. The zero-order chi connectivity index (χ0) is 16.9. The minimum Gasteiger partial charge on any atom is -0.346 e. The Kier molecular flexibility index (Phi) is 8.04. The zero-order valence-electron chi connectivity index (χ0n) is 12.6. The molecule has 0 saturated heterocycles. The van der Waals surface area contributed by atoms with Gasteiger partial charge in [0.1, 0.15) is 6.54 Å². The minimum absolute atomic E-state index is 0. The van der Waals surface area contributed by atoms with Gasteiger partial charge in [-0.2, -0.15) is 18.3 Å². The second-order valence-corrected chi connectivity index (χ2v) is 5.08. The molecule has 7 nitrogen and oxygen atoms in total. The first-order valence-corrected chi connectivity index (χ1v) is 6.51. The molecule has 1 rings (SSSR count). The Morgan fingerprint density at radius 3 is 2.52 bits per heavy atom. The molecular formula is C12H19ClF3N5O2. The van der Waals surface area contributed by atoms with Crippen LogP contribution in [0.2, 0.25) is 0 Å². The van der Waals surface area contributed by atoms with Gasteiger partial charge in [-0.1, -0.05) is 13.8 Å². The molecule has 0 aliphatic rings. The predicted octanol–water partition coefficient (Wildman–Crippen LogP) is 0.905. The van der Waals surface area contributed by atoms with Gasteiger partial charge in [-0.25, -0.2) is 0 Å². The summed E-state index contributed by atoms with van der Waals surface area (Å²) in [5.74, 6) is -1.14. The van der Waals surface area contributed by atoms with Gasteiger partial charge in [0, 0.05) is 6.20 Å². The highest BCUT2D eigenvalue weighted by Gasteiger charge is 2.28. The minimum atomic E-state index is -4.39. The molecule has 132 valence electrons. The molecule has 1 aromatic heterocycles. The highest BCUT2D eigenvalue weighted by Crippen LogP contribution is 2.17. The summed E-state index contributed by atoms with van der Waals surface area (Å²) in [6.07, 6.45) is -2.26. The molecule has 4 N–H and O–H groups in total. The SMILES string of the molecule is CC(C)[C@H](N)C(=O)NCC(=O)Nc1cnn(CC(F)(F)F)c1.Cl. The van der Waals surface area contributed by atoms with Crippen molar-refractivity contribution < 1.29 is 22.8 Å². The summed E-state index contributed by atoms with van der Waals surface area (Å²) in [5, 5.41) is 8.15. The second kappa shape index (κ2) is 8.73. The summed E-state index contributed by atoms with van der Waals surface area (Å²) in [7, 11) is 0.